The van der Waals surface area contributed by atoms with E-state index in [9.17, 15) is 4.79 Å². The van der Waals surface area contributed by atoms with E-state index in [2.05, 4.69) is 38.6 Å². The van der Waals surface area contributed by atoms with Gasteiger partial charge in [0.1, 0.15) is 5.76 Å². The first-order chi connectivity index (χ1) is 12.2. The Balaban J connectivity index is 1.61. The lowest BCUT2D eigenvalue weighted by atomic mass is 9.92. The van der Waals surface area contributed by atoms with E-state index >= 15 is 0 Å². The number of rotatable bonds is 7. The lowest BCUT2D eigenvalue weighted by Crippen LogP contribution is -2.47. The average molecular weight is 345 g/mol. The minimum absolute atomic E-state index is 0.0155. The molecule has 1 atom stereocenters. The molecule has 136 valence electrons. The summed E-state index contributed by atoms with van der Waals surface area (Å²) in [6.07, 6.45) is 6.88. The summed E-state index contributed by atoms with van der Waals surface area (Å²) < 4.78 is 5.04. The van der Waals surface area contributed by atoms with Crippen LogP contribution in [0, 0.1) is 6.92 Å². The highest BCUT2D eigenvalue weighted by Crippen LogP contribution is 2.28. The summed E-state index contributed by atoms with van der Waals surface area (Å²) in [5.41, 5.74) is 1.20. The average Bonchev–Trinajstić information content (AvgIpc) is 3.28. The monoisotopic (exact) mass is 345 g/mol. The lowest BCUT2D eigenvalue weighted by molar-refractivity contribution is -0.122. The Morgan fingerprint density at radius 3 is 2.88 bits per heavy atom. The molecule has 2 N–H and O–H groups in total. The van der Waals surface area contributed by atoms with Gasteiger partial charge in [-0.2, -0.15) is 5.10 Å². The Morgan fingerprint density at radius 1 is 1.48 bits per heavy atom. The zero-order valence-electron chi connectivity index (χ0n) is 15.0. The van der Waals surface area contributed by atoms with Gasteiger partial charge in [0.05, 0.1) is 6.04 Å². The summed E-state index contributed by atoms with van der Waals surface area (Å²) in [7, 11) is 0. The van der Waals surface area contributed by atoms with Crippen LogP contribution in [-0.2, 0) is 4.79 Å². The fraction of sp³-hybridized carbons (Fsp3) is 0.611. The zero-order valence-corrected chi connectivity index (χ0v) is 15.0. The van der Waals surface area contributed by atoms with Crippen molar-refractivity contribution >= 4 is 11.7 Å². The number of carbonyl (C=O) groups excluding carboxylic acids is 1. The van der Waals surface area contributed by atoms with Crippen LogP contribution in [0.5, 0.6) is 0 Å². The van der Waals surface area contributed by atoms with E-state index < -0.39 is 0 Å². The van der Waals surface area contributed by atoms with Gasteiger partial charge in [-0.15, -0.1) is 0 Å². The first-order valence-electron chi connectivity index (χ1n) is 9.15. The van der Waals surface area contributed by atoms with Gasteiger partial charge >= 0.3 is 0 Å². The van der Waals surface area contributed by atoms with Crippen LogP contribution < -0.4 is 5.32 Å². The number of aryl methyl sites for hydroxylation is 1. The summed E-state index contributed by atoms with van der Waals surface area (Å²) in [6.45, 7) is 5.81. The fourth-order valence-electron chi connectivity index (χ4n) is 3.53. The largest absolute Gasteiger partial charge is 0.360 e. The number of anilines is 1. The topological polar surface area (TPSA) is 87.1 Å². The van der Waals surface area contributed by atoms with Crippen LogP contribution in [0.1, 0.15) is 56.4 Å². The Morgan fingerprint density at radius 2 is 2.28 bits per heavy atom. The molecular formula is C18H27N5O2. The molecule has 7 heteroatoms. The van der Waals surface area contributed by atoms with Crippen molar-refractivity contribution in [1.29, 1.82) is 0 Å². The molecule has 1 aliphatic heterocycles. The standard InChI is InChI=1S/C18H27N5O2/c1-3-4-5-16(18(24)20-17-12-13(2)25-22-17)23-10-7-14(8-11-23)15-6-9-19-21-15/h6,9,12,14,16H,3-5,7-8,10-11H2,1-2H3,(H,19,21)(H,20,22,24)/t16-/m1/s1. The molecule has 2 aromatic rings. The van der Waals surface area contributed by atoms with Gasteiger partial charge < -0.3 is 9.84 Å². The minimum Gasteiger partial charge on any atom is -0.360 e. The number of hydrogen-bond donors (Lipinski definition) is 2. The molecule has 25 heavy (non-hydrogen) atoms. The van der Waals surface area contributed by atoms with Crippen LogP contribution in [0.3, 0.4) is 0 Å². The maximum absolute atomic E-state index is 12.8. The molecular weight excluding hydrogens is 318 g/mol. The van der Waals surface area contributed by atoms with Crippen LogP contribution in [0.25, 0.3) is 0 Å². The molecule has 3 rings (SSSR count). The number of aromatic amines is 1. The summed E-state index contributed by atoms with van der Waals surface area (Å²) in [4.78, 5) is 15.1. The van der Waals surface area contributed by atoms with E-state index in [1.54, 1.807) is 12.3 Å². The van der Waals surface area contributed by atoms with Gasteiger partial charge in [0.2, 0.25) is 5.91 Å². The van der Waals surface area contributed by atoms with Crippen molar-refractivity contribution in [2.24, 2.45) is 0 Å². The molecule has 7 nitrogen and oxygen atoms in total. The number of likely N-dealkylation sites (tertiary alicyclic amines) is 1. The minimum atomic E-state index is -0.111. The second-order valence-corrected chi connectivity index (χ2v) is 6.79. The normalized spacial score (nSPS) is 17.5. The maximum atomic E-state index is 12.8. The van der Waals surface area contributed by atoms with Gasteiger partial charge in [0, 0.05) is 23.9 Å². The summed E-state index contributed by atoms with van der Waals surface area (Å²) in [5, 5.41) is 13.9. The predicted octanol–water partition coefficient (Wildman–Crippen LogP) is 3.08. The molecule has 1 aliphatic rings. The highest BCUT2D eigenvalue weighted by atomic mass is 16.5. The summed E-state index contributed by atoms with van der Waals surface area (Å²) in [5.74, 6) is 1.71. The highest BCUT2D eigenvalue weighted by molar-refractivity contribution is 5.94. The molecule has 1 saturated heterocycles. The SMILES string of the molecule is CCCC[C@H](C(=O)Nc1cc(C)on1)N1CCC(c2ccn[nH]2)CC1. The number of nitrogens with zero attached hydrogens (tertiary/aromatic N) is 3. The quantitative estimate of drug-likeness (QED) is 0.805. The second kappa shape index (κ2) is 8.29. The van der Waals surface area contributed by atoms with Crippen molar-refractivity contribution in [1.82, 2.24) is 20.3 Å². The molecule has 0 saturated carbocycles. The molecule has 2 aromatic heterocycles. The molecule has 0 aromatic carbocycles. The van der Waals surface area contributed by atoms with E-state index in [-0.39, 0.29) is 11.9 Å². The third-order valence-corrected chi connectivity index (χ3v) is 4.95. The number of carbonyl (C=O) groups is 1. The van der Waals surface area contributed by atoms with Crippen molar-refractivity contribution in [2.75, 3.05) is 18.4 Å². The van der Waals surface area contributed by atoms with Crippen molar-refractivity contribution in [3.8, 4) is 0 Å². The number of nitrogens with one attached hydrogen (secondary N) is 2. The van der Waals surface area contributed by atoms with Gasteiger partial charge in [0.25, 0.3) is 0 Å². The van der Waals surface area contributed by atoms with Crippen LogP contribution in [0.15, 0.2) is 22.9 Å². The van der Waals surface area contributed by atoms with Crippen LogP contribution in [0.4, 0.5) is 5.82 Å². The predicted molar refractivity (Wildman–Crippen MR) is 95.3 cm³/mol. The van der Waals surface area contributed by atoms with Crippen LogP contribution >= 0.6 is 0 Å². The Kier molecular flexibility index (Phi) is 5.86. The number of unbranched alkanes of at least 4 members (excludes halogenated alkanes) is 1. The highest BCUT2D eigenvalue weighted by Gasteiger charge is 2.30. The van der Waals surface area contributed by atoms with Crippen molar-refractivity contribution in [3.05, 3.63) is 29.8 Å². The van der Waals surface area contributed by atoms with Gasteiger partial charge in [-0.1, -0.05) is 24.9 Å². The summed E-state index contributed by atoms with van der Waals surface area (Å²) >= 11 is 0. The smallest absolute Gasteiger partial charge is 0.242 e. The van der Waals surface area contributed by atoms with Crippen LogP contribution in [0.2, 0.25) is 0 Å². The Hall–Kier alpha value is -2.15. The van der Waals surface area contributed by atoms with E-state index in [0.717, 1.165) is 45.2 Å². The first kappa shape index (κ1) is 17.7. The van der Waals surface area contributed by atoms with Gasteiger partial charge in [-0.3, -0.25) is 14.8 Å². The van der Waals surface area contributed by atoms with Gasteiger partial charge in [-0.25, -0.2) is 0 Å². The number of hydrogen-bond acceptors (Lipinski definition) is 5. The Labute approximate surface area is 148 Å². The maximum Gasteiger partial charge on any atom is 0.242 e. The molecule has 1 amide bonds. The molecule has 3 heterocycles. The van der Waals surface area contributed by atoms with E-state index in [0.29, 0.717) is 17.5 Å². The van der Waals surface area contributed by atoms with Gasteiger partial charge in [-0.05, 0) is 45.3 Å². The van der Waals surface area contributed by atoms with Crippen molar-refractivity contribution in [3.63, 3.8) is 0 Å². The molecule has 0 spiro atoms. The lowest BCUT2D eigenvalue weighted by Gasteiger charge is -2.36. The van der Waals surface area contributed by atoms with Crippen molar-refractivity contribution < 1.29 is 9.32 Å². The molecule has 0 bridgehead atoms. The van der Waals surface area contributed by atoms with E-state index in [4.69, 9.17) is 4.52 Å². The number of amides is 1. The first-order valence-corrected chi connectivity index (χ1v) is 9.15. The second-order valence-electron chi connectivity index (χ2n) is 6.79. The number of H-pyrrole nitrogens is 1. The number of piperidine rings is 1. The Bertz CT molecular complexity index is 659. The van der Waals surface area contributed by atoms with E-state index in [1.165, 1.54) is 5.69 Å². The van der Waals surface area contributed by atoms with E-state index in [1.807, 2.05) is 6.92 Å². The molecule has 0 aliphatic carbocycles. The summed E-state index contributed by atoms with van der Waals surface area (Å²) in [6, 6.07) is 3.69. The molecule has 0 radical (unpaired) electrons. The molecule has 0 unspecified atom stereocenters. The van der Waals surface area contributed by atoms with Gasteiger partial charge in [0.15, 0.2) is 5.82 Å². The third kappa shape index (κ3) is 4.48. The van der Waals surface area contributed by atoms with Crippen LogP contribution in [-0.4, -0.2) is 45.3 Å². The zero-order chi connectivity index (χ0) is 17.6. The van der Waals surface area contributed by atoms with Crippen molar-refractivity contribution in [2.45, 2.75) is 57.9 Å². The molecule has 1 fully saturated rings. The fourth-order valence-corrected chi connectivity index (χ4v) is 3.53. The number of aromatic nitrogens is 3. The third-order valence-electron chi connectivity index (χ3n) is 4.95.